The Morgan fingerprint density at radius 1 is 1.48 bits per heavy atom. The van der Waals surface area contributed by atoms with Crippen molar-refractivity contribution in [3.63, 3.8) is 0 Å². The first-order chi connectivity index (χ1) is 10.0. The van der Waals surface area contributed by atoms with Crippen molar-refractivity contribution in [3.05, 3.63) is 47.0 Å². The van der Waals surface area contributed by atoms with Crippen LogP contribution in [0.3, 0.4) is 0 Å². The highest BCUT2D eigenvalue weighted by atomic mass is 35.5. The van der Waals surface area contributed by atoms with Crippen molar-refractivity contribution >= 4 is 29.2 Å². The Labute approximate surface area is 126 Å². The molecule has 110 valence electrons. The molecule has 0 bridgehead atoms. The molecule has 0 radical (unpaired) electrons. The van der Waals surface area contributed by atoms with Gasteiger partial charge in [-0.05, 0) is 18.6 Å². The van der Waals surface area contributed by atoms with Gasteiger partial charge in [0, 0.05) is 18.9 Å². The number of pyridine rings is 1. The van der Waals surface area contributed by atoms with Gasteiger partial charge in [0.1, 0.15) is 5.69 Å². The molecule has 6 nitrogen and oxygen atoms in total. The first-order valence-corrected chi connectivity index (χ1v) is 6.75. The summed E-state index contributed by atoms with van der Waals surface area (Å²) in [6, 6.07) is 2.87. The van der Waals surface area contributed by atoms with E-state index in [0.717, 1.165) is 6.42 Å². The Morgan fingerprint density at radius 2 is 2.24 bits per heavy atom. The molecule has 2 aromatic rings. The van der Waals surface area contributed by atoms with Gasteiger partial charge in [0.15, 0.2) is 0 Å². The highest BCUT2D eigenvalue weighted by Crippen LogP contribution is 2.18. The maximum Gasteiger partial charge on any atom is 0.337 e. The molecule has 0 spiro atoms. The molecule has 0 atom stereocenters. The first-order valence-electron chi connectivity index (χ1n) is 6.37. The average molecular weight is 308 g/mol. The lowest BCUT2D eigenvalue weighted by Gasteiger charge is -2.10. The number of carboxylic acids is 1. The maximum atomic E-state index is 12.3. The molecule has 1 amide bonds. The number of carboxylic acid groups (broad SMARTS) is 1. The number of anilines is 1. The van der Waals surface area contributed by atoms with E-state index >= 15 is 0 Å². The Kier molecular flexibility index (Phi) is 4.59. The minimum absolute atomic E-state index is 0.0157. The highest BCUT2D eigenvalue weighted by Gasteiger charge is 2.16. The normalized spacial score (nSPS) is 10.4. The van der Waals surface area contributed by atoms with E-state index < -0.39 is 11.9 Å². The standard InChI is InChI=1S/C14H14ClN3O3/c1-2-5-18-8-9(15)6-12(18)13(19)17-11-7-16-4-3-10(11)14(20)21/h3-4,6-8H,2,5H2,1H3,(H,17,19)(H,20,21). The van der Waals surface area contributed by atoms with Crippen LogP contribution in [-0.2, 0) is 6.54 Å². The van der Waals surface area contributed by atoms with Gasteiger partial charge in [0.05, 0.1) is 22.5 Å². The minimum atomic E-state index is -1.13. The zero-order valence-electron chi connectivity index (χ0n) is 11.3. The third-order valence-electron chi connectivity index (χ3n) is 2.86. The van der Waals surface area contributed by atoms with Crippen molar-refractivity contribution in [2.24, 2.45) is 0 Å². The predicted molar refractivity (Wildman–Crippen MR) is 78.9 cm³/mol. The molecule has 21 heavy (non-hydrogen) atoms. The van der Waals surface area contributed by atoms with Gasteiger partial charge in [-0.25, -0.2) is 4.79 Å². The molecular weight excluding hydrogens is 294 g/mol. The minimum Gasteiger partial charge on any atom is -0.478 e. The molecule has 2 aromatic heterocycles. The van der Waals surface area contributed by atoms with E-state index in [1.54, 1.807) is 16.8 Å². The molecule has 2 rings (SSSR count). The van der Waals surface area contributed by atoms with Crippen LogP contribution in [-0.4, -0.2) is 26.5 Å². The number of aromatic nitrogens is 2. The number of hydrogen-bond donors (Lipinski definition) is 2. The number of rotatable bonds is 5. The van der Waals surface area contributed by atoms with Crippen LogP contribution < -0.4 is 5.32 Å². The molecule has 0 saturated heterocycles. The fourth-order valence-electron chi connectivity index (χ4n) is 1.96. The van der Waals surface area contributed by atoms with Crippen LogP contribution in [0.25, 0.3) is 0 Å². The highest BCUT2D eigenvalue weighted by molar-refractivity contribution is 6.31. The van der Waals surface area contributed by atoms with Crippen molar-refractivity contribution in [2.75, 3.05) is 5.32 Å². The number of amides is 1. The number of nitrogens with zero attached hydrogens (tertiary/aromatic N) is 2. The monoisotopic (exact) mass is 307 g/mol. The van der Waals surface area contributed by atoms with E-state index in [-0.39, 0.29) is 11.3 Å². The van der Waals surface area contributed by atoms with E-state index in [9.17, 15) is 9.59 Å². The van der Waals surface area contributed by atoms with E-state index in [4.69, 9.17) is 16.7 Å². The summed E-state index contributed by atoms with van der Waals surface area (Å²) >= 11 is 5.92. The van der Waals surface area contributed by atoms with Gasteiger partial charge in [0.25, 0.3) is 5.91 Å². The van der Waals surface area contributed by atoms with Crippen molar-refractivity contribution in [2.45, 2.75) is 19.9 Å². The van der Waals surface area contributed by atoms with Crippen LogP contribution in [0, 0.1) is 0 Å². The second-order valence-corrected chi connectivity index (χ2v) is 4.85. The number of aromatic carboxylic acids is 1. The van der Waals surface area contributed by atoms with Gasteiger partial charge < -0.3 is 15.0 Å². The Balaban J connectivity index is 2.28. The van der Waals surface area contributed by atoms with Crippen LogP contribution in [0.4, 0.5) is 5.69 Å². The van der Waals surface area contributed by atoms with Crippen LogP contribution in [0.5, 0.6) is 0 Å². The summed E-state index contributed by atoms with van der Waals surface area (Å²) < 4.78 is 1.73. The number of carbonyl (C=O) groups is 2. The summed E-state index contributed by atoms with van der Waals surface area (Å²) in [5, 5.41) is 12.1. The van der Waals surface area contributed by atoms with Gasteiger partial charge in [0.2, 0.25) is 0 Å². The van der Waals surface area contributed by atoms with Crippen LogP contribution in [0.2, 0.25) is 5.02 Å². The average Bonchev–Trinajstić information content (AvgIpc) is 2.80. The Hall–Kier alpha value is -2.34. The summed E-state index contributed by atoms with van der Waals surface area (Å²) in [7, 11) is 0. The summed E-state index contributed by atoms with van der Waals surface area (Å²) in [4.78, 5) is 27.2. The van der Waals surface area contributed by atoms with Crippen LogP contribution in [0.1, 0.15) is 34.2 Å². The number of carbonyl (C=O) groups excluding carboxylic acids is 1. The van der Waals surface area contributed by atoms with Crippen LogP contribution >= 0.6 is 11.6 Å². The first kappa shape index (κ1) is 15.1. The third kappa shape index (κ3) is 3.41. The van der Waals surface area contributed by atoms with Crippen LogP contribution in [0.15, 0.2) is 30.7 Å². The molecule has 0 fully saturated rings. The molecule has 7 heteroatoms. The molecule has 0 aromatic carbocycles. The largest absolute Gasteiger partial charge is 0.478 e. The Morgan fingerprint density at radius 3 is 2.90 bits per heavy atom. The quantitative estimate of drug-likeness (QED) is 0.889. The topological polar surface area (TPSA) is 84.2 Å². The smallest absolute Gasteiger partial charge is 0.337 e. The van der Waals surface area contributed by atoms with E-state index in [1.807, 2.05) is 6.92 Å². The summed E-state index contributed by atoms with van der Waals surface area (Å²) in [5.74, 6) is -1.56. The zero-order chi connectivity index (χ0) is 15.4. The molecule has 2 N–H and O–H groups in total. The number of aryl methyl sites for hydroxylation is 1. The van der Waals surface area contributed by atoms with Crippen molar-refractivity contribution in [1.29, 1.82) is 0 Å². The van der Waals surface area contributed by atoms with Gasteiger partial charge in [-0.15, -0.1) is 0 Å². The lowest BCUT2D eigenvalue weighted by atomic mass is 10.2. The number of halogens is 1. The maximum absolute atomic E-state index is 12.3. The van der Waals surface area contributed by atoms with Gasteiger partial charge in [-0.3, -0.25) is 9.78 Å². The molecular formula is C14H14ClN3O3. The summed E-state index contributed by atoms with van der Waals surface area (Å²) in [5.41, 5.74) is 0.510. The number of hydrogen-bond acceptors (Lipinski definition) is 3. The van der Waals surface area contributed by atoms with Crippen molar-refractivity contribution in [1.82, 2.24) is 9.55 Å². The zero-order valence-corrected chi connectivity index (χ0v) is 12.1. The number of nitrogens with one attached hydrogen (secondary N) is 1. The predicted octanol–water partition coefficient (Wildman–Crippen LogP) is 2.90. The Bertz CT molecular complexity index is 682. The van der Waals surface area contributed by atoms with Gasteiger partial charge >= 0.3 is 5.97 Å². The molecule has 0 aliphatic heterocycles. The van der Waals surface area contributed by atoms with E-state index in [0.29, 0.717) is 17.3 Å². The fraction of sp³-hybridized carbons (Fsp3) is 0.214. The van der Waals surface area contributed by atoms with Gasteiger partial charge in [-0.1, -0.05) is 18.5 Å². The molecule has 0 aliphatic rings. The molecule has 0 unspecified atom stereocenters. The van der Waals surface area contributed by atoms with Crippen molar-refractivity contribution in [3.8, 4) is 0 Å². The third-order valence-corrected chi connectivity index (χ3v) is 3.07. The molecule has 2 heterocycles. The summed E-state index contributed by atoms with van der Waals surface area (Å²) in [6.07, 6.45) is 5.17. The van der Waals surface area contributed by atoms with E-state index in [1.165, 1.54) is 18.5 Å². The lowest BCUT2D eigenvalue weighted by Crippen LogP contribution is -2.18. The lowest BCUT2D eigenvalue weighted by molar-refractivity contribution is 0.0698. The van der Waals surface area contributed by atoms with E-state index in [2.05, 4.69) is 10.3 Å². The molecule has 0 aliphatic carbocycles. The second-order valence-electron chi connectivity index (χ2n) is 4.42. The summed E-state index contributed by atoms with van der Waals surface area (Å²) in [6.45, 7) is 2.63. The van der Waals surface area contributed by atoms with Gasteiger partial charge in [-0.2, -0.15) is 0 Å². The molecule has 0 saturated carbocycles. The van der Waals surface area contributed by atoms with Crippen molar-refractivity contribution < 1.29 is 14.7 Å². The second kappa shape index (κ2) is 6.41. The fourth-order valence-corrected chi connectivity index (χ4v) is 2.18. The SMILES string of the molecule is CCCn1cc(Cl)cc1C(=O)Nc1cnccc1C(=O)O.